The van der Waals surface area contributed by atoms with E-state index in [1.165, 1.54) is 0 Å². The van der Waals surface area contributed by atoms with Crippen LogP contribution in [-0.2, 0) is 16.2 Å². The fourth-order valence-corrected chi connectivity index (χ4v) is 2.96. The topological polar surface area (TPSA) is 50.7 Å². The molecule has 0 spiro atoms. The van der Waals surface area contributed by atoms with Gasteiger partial charge in [0, 0.05) is 22.2 Å². The summed E-state index contributed by atoms with van der Waals surface area (Å²) in [6.07, 6.45) is -0.346. The molecule has 2 aromatic carbocycles. The monoisotopic (exact) mass is 362 g/mol. The second-order valence-electron chi connectivity index (χ2n) is 5.59. The number of benzene rings is 2. The van der Waals surface area contributed by atoms with Gasteiger partial charge in [-0.1, -0.05) is 58.7 Å². The van der Waals surface area contributed by atoms with Crippen molar-refractivity contribution in [2.45, 2.75) is 19.6 Å². The van der Waals surface area contributed by atoms with Gasteiger partial charge in [0.1, 0.15) is 17.7 Å². The van der Waals surface area contributed by atoms with Crippen molar-refractivity contribution in [2.75, 3.05) is 0 Å². The quantitative estimate of drug-likeness (QED) is 0.891. The maximum absolute atomic E-state index is 12.6. The smallest absolute Gasteiger partial charge is 0.233 e. The number of hydrogen-bond acceptors (Lipinski definition) is 3. The minimum Gasteiger partial charge on any atom is -0.391 e. The number of carbonyl (C=O) groups excluding carboxylic acids is 1. The molecule has 1 aliphatic rings. The molecular formula is C18H16Cl2N2O2. The van der Waals surface area contributed by atoms with Crippen LogP contribution >= 0.6 is 23.2 Å². The second-order valence-corrected chi connectivity index (χ2v) is 6.43. The Labute approximate surface area is 150 Å². The Bertz CT molecular complexity index is 775. The fraction of sp³-hybridized carbons (Fsp3) is 0.222. The Hall–Kier alpha value is -2.04. The van der Waals surface area contributed by atoms with Crippen molar-refractivity contribution in [1.82, 2.24) is 5.32 Å². The molecule has 0 saturated carbocycles. The first-order valence-electron chi connectivity index (χ1n) is 7.57. The van der Waals surface area contributed by atoms with E-state index in [4.69, 9.17) is 28.0 Å². The van der Waals surface area contributed by atoms with Gasteiger partial charge in [-0.15, -0.1) is 0 Å². The lowest BCUT2D eigenvalue weighted by atomic mass is 9.92. The van der Waals surface area contributed by atoms with Crippen LogP contribution in [0.25, 0.3) is 0 Å². The van der Waals surface area contributed by atoms with Gasteiger partial charge in [0.2, 0.25) is 5.91 Å². The Morgan fingerprint density at radius 2 is 1.88 bits per heavy atom. The maximum atomic E-state index is 12.6. The van der Waals surface area contributed by atoms with E-state index in [0.717, 1.165) is 11.1 Å². The second kappa shape index (κ2) is 7.24. The lowest BCUT2D eigenvalue weighted by molar-refractivity contribution is -0.125. The van der Waals surface area contributed by atoms with Crippen LogP contribution in [-0.4, -0.2) is 17.7 Å². The number of nitrogens with zero attached hydrogens (tertiary/aromatic N) is 1. The molecule has 6 heteroatoms. The van der Waals surface area contributed by atoms with Crippen LogP contribution in [0.5, 0.6) is 0 Å². The van der Waals surface area contributed by atoms with Crippen LogP contribution in [0.2, 0.25) is 10.0 Å². The van der Waals surface area contributed by atoms with E-state index in [-0.39, 0.29) is 12.0 Å². The van der Waals surface area contributed by atoms with Crippen LogP contribution in [0, 0.1) is 5.92 Å². The molecule has 0 fully saturated rings. The molecule has 1 amide bonds. The molecule has 1 aliphatic heterocycles. The Balaban J connectivity index is 1.74. The highest BCUT2D eigenvalue weighted by Gasteiger charge is 2.38. The van der Waals surface area contributed by atoms with Crippen LogP contribution in [0.4, 0.5) is 0 Å². The molecule has 24 heavy (non-hydrogen) atoms. The zero-order valence-corrected chi connectivity index (χ0v) is 14.5. The van der Waals surface area contributed by atoms with Crippen LogP contribution < -0.4 is 5.32 Å². The van der Waals surface area contributed by atoms with Crippen molar-refractivity contribution in [3.8, 4) is 0 Å². The molecule has 0 aromatic heterocycles. The van der Waals surface area contributed by atoms with Crippen molar-refractivity contribution < 1.29 is 9.63 Å². The largest absolute Gasteiger partial charge is 0.391 e. The van der Waals surface area contributed by atoms with Crippen molar-refractivity contribution in [2.24, 2.45) is 11.1 Å². The molecule has 124 valence electrons. The van der Waals surface area contributed by atoms with Gasteiger partial charge in [0.05, 0.1) is 0 Å². The number of rotatable bonds is 4. The van der Waals surface area contributed by atoms with Gasteiger partial charge in [-0.05, 0) is 30.7 Å². The van der Waals surface area contributed by atoms with E-state index < -0.39 is 5.92 Å². The van der Waals surface area contributed by atoms with E-state index in [2.05, 4.69) is 10.5 Å². The standard InChI is InChI=1S/C18H16Cl2N2O2/c1-11-16(17(22-24-11)14-4-2-3-5-15(14)20)18(23)21-10-12-6-8-13(19)9-7-12/h2-9,11,16H,10H2,1H3,(H,21,23)/t11-,16-/m0/s1. The molecule has 0 aliphatic carbocycles. The Morgan fingerprint density at radius 3 is 2.58 bits per heavy atom. The highest BCUT2D eigenvalue weighted by molar-refractivity contribution is 6.35. The summed E-state index contributed by atoms with van der Waals surface area (Å²) < 4.78 is 0. The number of halogens is 2. The van der Waals surface area contributed by atoms with Crippen molar-refractivity contribution >= 4 is 34.8 Å². The van der Waals surface area contributed by atoms with E-state index >= 15 is 0 Å². The first kappa shape index (κ1) is 16.8. The summed E-state index contributed by atoms with van der Waals surface area (Å²) in [6.45, 7) is 2.23. The SMILES string of the molecule is C[C@@H]1ON=C(c2ccccc2Cl)[C@H]1C(=O)NCc1ccc(Cl)cc1. The third kappa shape index (κ3) is 3.55. The van der Waals surface area contributed by atoms with Crippen LogP contribution in [0.3, 0.4) is 0 Å². The Morgan fingerprint density at radius 1 is 1.17 bits per heavy atom. The first-order valence-corrected chi connectivity index (χ1v) is 8.32. The van der Waals surface area contributed by atoms with Gasteiger partial charge in [-0.2, -0.15) is 0 Å². The summed E-state index contributed by atoms with van der Waals surface area (Å²) in [4.78, 5) is 18.0. The molecule has 0 bridgehead atoms. The summed E-state index contributed by atoms with van der Waals surface area (Å²) in [5, 5.41) is 8.20. The summed E-state index contributed by atoms with van der Waals surface area (Å²) in [6, 6.07) is 14.6. The van der Waals surface area contributed by atoms with Gasteiger partial charge < -0.3 is 10.2 Å². The lowest BCUT2D eigenvalue weighted by Crippen LogP contribution is -2.39. The highest BCUT2D eigenvalue weighted by atomic mass is 35.5. The summed E-state index contributed by atoms with van der Waals surface area (Å²) in [7, 11) is 0. The minimum absolute atomic E-state index is 0.145. The summed E-state index contributed by atoms with van der Waals surface area (Å²) in [5.74, 6) is -0.647. The number of nitrogens with one attached hydrogen (secondary N) is 1. The molecular weight excluding hydrogens is 347 g/mol. The van der Waals surface area contributed by atoms with Crippen molar-refractivity contribution in [3.05, 3.63) is 69.7 Å². The molecule has 0 unspecified atom stereocenters. The summed E-state index contributed by atoms with van der Waals surface area (Å²) in [5.41, 5.74) is 2.24. The van der Waals surface area contributed by atoms with Gasteiger partial charge in [-0.25, -0.2) is 0 Å². The zero-order chi connectivity index (χ0) is 17.1. The fourth-order valence-electron chi connectivity index (χ4n) is 2.60. The van der Waals surface area contributed by atoms with Crippen LogP contribution in [0.15, 0.2) is 53.7 Å². The van der Waals surface area contributed by atoms with E-state index in [0.29, 0.717) is 22.3 Å². The normalized spacial score (nSPS) is 19.5. The molecule has 1 N–H and O–H groups in total. The maximum Gasteiger partial charge on any atom is 0.233 e. The van der Waals surface area contributed by atoms with Gasteiger partial charge in [0.15, 0.2) is 0 Å². The lowest BCUT2D eigenvalue weighted by Gasteiger charge is -2.16. The van der Waals surface area contributed by atoms with E-state index in [1.54, 1.807) is 18.2 Å². The number of hydrogen-bond donors (Lipinski definition) is 1. The van der Waals surface area contributed by atoms with E-state index in [1.807, 2.05) is 37.3 Å². The average molecular weight is 363 g/mol. The molecule has 0 saturated heterocycles. The molecule has 0 radical (unpaired) electrons. The molecule has 2 aromatic rings. The minimum atomic E-state index is -0.503. The zero-order valence-electron chi connectivity index (χ0n) is 13.0. The first-order chi connectivity index (χ1) is 11.6. The third-order valence-corrected chi connectivity index (χ3v) is 4.48. The molecule has 2 atom stereocenters. The summed E-state index contributed by atoms with van der Waals surface area (Å²) >= 11 is 12.1. The molecule has 4 nitrogen and oxygen atoms in total. The van der Waals surface area contributed by atoms with Crippen molar-refractivity contribution in [3.63, 3.8) is 0 Å². The van der Waals surface area contributed by atoms with Gasteiger partial charge in [0.25, 0.3) is 0 Å². The van der Waals surface area contributed by atoms with Crippen LogP contribution in [0.1, 0.15) is 18.1 Å². The predicted molar refractivity (Wildman–Crippen MR) is 95.3 cm³/mol. The van der Waals surface area contributed by atoms with Crippen molar-refractivity contribution in [1.29, 1.82) is 0 Å². The highest BCUT2D eigenvalue weighted by Crippen LogP contribution is 2.27. The molecule has 1 heterocycles. The predicted octanol–water partition coefficient (Wildman–Crippen LogP) is 4.05. The van der Waals surface area contributed by atoms with Gasteiger partial charge >= 0.3 is 0 Å². The third-order valence-electron chi connectivity index (χ3n) is 3.89. The average Bonchev–Trinajstić information content (AvgIpc) is 2.96. The van der Waals surface area contributed by atoms with Gasteiger partial charge in [-0.3, -0.25) is 4.79 Å². The number of carbonyl (C=O) groups is 1. The number of oxime groups is 1. The molecule has 3 rings (SSSR count). The van der Waals surface area contributed by atoms with E-state index in [9.17, 15) is 4.79 Å². The Kier molecular flexibility index (Phi) is 5.07. The number of amides is 1.